The first-order valence-electron chi connectivity index (χ1n) is 6.76. The molecular formula is C12H25N5O2. The average Bonchev–Trinajstić information content (AvgIpc) is 2.38. The number of rotatable bonds is 4. The zero-order chi connectivity index (χ0) is 14.3. The largest absolute Gasteiger partial charge is 0.341 e. The minimum absolute atomic E-state index is 0.0122. The van der Waals surface area contributed by atoms with Crippen molar-refractivity contribution in [1.29, 1.82) is 0 Å². The summed E-state index contributed by atoms with van der Waals surface area (Å²) in [6.07, 6.45) is 0. The molecule has 0 aromatic rings. The standard InChI is InChI=1S/C12H25N5O2/c1-10(2)15-12(19)17-8-6-16(7-9-17)5-4-14-11(18)13-3/h10H,4-9H2,1-3H3,(H,15,19)(H2,13,14,18). The van der Waals surface area contributed by atoms with Crippen LogP contribution < -0.4 is 16.0 Å². The molecule has 4 amide bonds. The summed E-state index contributed by atoms with van der Waals surface area (Å²) in [5, 5.41) is 8.16. The number of amides is 4. The molecule has 19 heavy (non-hydrogen) atoms. The molecule has 1 heterocycles. The highest BCUT2D eigenvalue weighted by atomic mass is 16.2. The topological polar surface area (TPSA) is 76.7 Å². The van der Waals surface area contributed by atoms with Crippen molar-refractivity contribution in [2.45, 2.75) is 19.9 Å². The first-order valence-corrected chi connectivity index (χ1v) is 6.76. The van der Waals surface area contributed by atoms with Crippen LogP contribution in [0.3, 0.4) is 0 Å². The minimum atomic E-state index is -0.157. The van der Waals surface area contributed by atoms with Gasteiger partial charge in [-0.15, -0.1) is 0 Å². The normalized spacial score (nSPS) is 16.3. The van der Waals surface area contributed by atoms with Gasteiger partial charge in [-0.2, -0.15) is 0 Å². The lowest BCUT2D eigenvalue weighted by Crippen LogP contribution is -2.53. The summed E-state index contributed by atoms with van der Waals surface area (Å²) in [5.74, 6) is 0. The predicted octanol–water partition coefficient (Wildman–Crippen LogP) is -0.349. The average molecular weight is 271 g/mol. The number of piperazine rings is 1. The molecular weight excluding hydrogens is 246 g/mol. The van der Waals surface area contributed by atoms with E-state index < -0.39 is 0 Å². The van der Waals surface area contributed by atoms with E-state index in [9.17, 15) is 9.59 Å². The van der Waals surface area contributed by atoms with Gasteiger partial charge in [0.25, 0.3) is 0 Å². The molecule has 1 fully saturated rings. The molecule has 0 saturated carbocycles. The summed E-state index contributed by atoms with van der Waals surface area (Å²) in [6.45, 7) is 8.51. The second kappa shape index (κ2) is 7.83. The van der Waals surface area contributed by atoms with Crippen LogP contribution in [0.25, 0.3) is 0 Å². The summed E-state index contributed by atoms with van der Waals surface area (Å²) in [5.41, 5.74) is 0. The van der Waals surface area contributed by atoms with E-state index in [4.69, 9.17) is 0 Å². The Morgan fingerprint density at radius 1 is 1.16 bits per heavy atom. The van der Waals surface area contributed by atoms with Crippen LogP contribution in [0.4, 0.5) is 9.59 Å². The smallest absolute Gasteiger partial charge is 0.317 e. The van der Waals surface area contributed by atoms with Crippen molar-refractivity contribution >= 4 is 12.1 Å². The van der Waals surface area contributed by atoms with Crippen molar-refractivity contribution in [3.05, 3.63) is 0 Å². The molecule has 0 aromatic carbocycles. The molecule has 3 N–H and O–H groups in total. The Morgan fingerprint density at radius 3 is 2.32 bits per heavy atom. The van der Waals surface area contributed by atoms with E-state index in [0.29, 0.717) is 6.54 Å². The summed E-state index contributed by atoms with van der Waals surface area (Å²) in [7, 11) is 1.60. The number of urea groups is 2. The maximum absolute atomic E-state index is 11.8. The molecule has 1 saturated heterocycles. The number of carbonyl (C=O) groups excluding carboxylic acids is 2. The highest BCUT2D eigenvalue weighted by Gasteiger charge is 2.20. The highest BCUT2D eigenvalue weighted by molar-refractivity contribution is 5.74. The number of hydrogen-bond acceptors (Lipinski definition) is 3. The van der Waals surface area contributed by atoms with Crippen LogP contribution in [0.1, 0.15) is 13.8 Å². The predicted molar refractivity (Wildman–Crippen MR) is 74.1 cm³/mol. The molecule has 1 rings (SSSR count). The van der Waals surface area contributed by atoms with Gasteiger partial charge < -0.3 is 20.9 Å². The minimum Gasteiger partial charge on any atom is -0.341 e. The van der Waals surface area contributed by atoms with Gasteiger partial charge in [0.2, 0.25) is 0 Å². The first kappa shape index (κ1) is 15.6. The SMILES string of the molecule is CNC(=O)NCCN1CCN(C(=O)NC(C)C)CC1. The third kappa shape index (κ3) is 5.78. The maximum Gasteiger partial charge on any atom is 0.317 e. The molecule has 0 aromatic heterocycles. The van der Waals surface area contributed by atoms with Gasteiger partial charge in [0.15, 0.2) is 0 Å². The van der Waals surface area contributed by atoms with Crippen LogP contribution in [0.2, 0.25) is 0 Å². The van der Waals surface area contributed by atoms with Gasteiger partial charge in [-0.05, 0) is 13.8 Å². The van der Waals surface area contributed by atoms with Crippen molar-refractivity contribution in [2.24, 2.45) is 0 Å². The van der Waals surface area contributed by atoms with E-state index in [-0.39, 0.29) is 18.1 Å². The van der Waals surface area contributed by atoms with Crippen molar-refractivity contribution in [3.8, 4) is 0 Å². The molecule has 0 bridgehead atoms. The quantitative estimate of drug-likeness (QED) is 0.654. The summed E-state index contributed by atoms with van der Waals surface area (Å²) >= 11 is 0. The summed E-state index contributed by atoms with van der Waals surface area (Å²) in [4.78, 5) is 26.9. The van der Waals surface area contributed by atoms with E-state index >= 15 is 0 Å². The summed E-state index contributed by atoms with van der Waals surface area (Å²) in [6, 6.07) is 0.0235. The molecule has 1 aliphatic rings. The van der Waals surface area contributed by atoms with Gasteiger partial charge in [-0.25, -0.2) is 9.59 Å². The van der Waals surface area contributed by atoms with Crippen LogP contribution in [0.15, 0.2) is 0 Å². The molecule has 0 atom stereocenters. The third-order valence-corrected chi connectivity index (χ3v) is 3.01. The fraction of sp³-hybridized carbons (Fsp3) is 0.833. The van der Waals surface area contributed by atoms with Gasteiger partial charge in [0.05, 0.1) is 0 Å². The Balaban J connectivity index is 2.18. The second-order valence-corrected chi connectivity index (χ2v) is 4.94. The van der Waals surface area contributed by atoms with E-state index in [2.05, 4.69) is 20.9 Å². The van der Waals surface area contributed by atoms with E-state index in [1.54, 1.807) is 7.05 Å². The van der Waals surface area contributed by atoms with Gasteiger partial charge >= 0.3 is 12.1 Å². The highest BCUT2D eigenvalue weighted by Crippen LogP contribution is 2.01. The molecule has 1 aliphatic heterocycles. The lowest BCUT2D eigenvalue weighted by molar-refractivity contribution is 0.138. The number of hydrogen-bond donors (Lipinski definition) is 3. The maximum atomic E-state index is 11.8. The zero-order valence-corrected chi connectivity index (χ0v) is 12.0. The van der Waals surface area contributed by atoms with Crippen molar-refractivity contribution in [1.82, 2.24) is 25.8 Å². The molecule has 7 nitrogen and oxygen atoms in total. The Kier molecular flexibility index (Phi) is 6.41. The fourth-order valence-electron chi connectivity index (χ4n) is 1.93. The van der Waals surface area contributed by atoms with Crippen LogP contribution in [-0.4, -0.2) is 74.2 Å². The second-order valence-electron chi connectivity index (χ2n) is 4.94. The molecule has 7 heteroatoms. The van der Waals surface area contributed by atoms with Gasteiger partial charge in [-0.1, -0.05) is 0 Å². The Labute approximate surface area is 114 Å². The Bertz CT molecular complexity index is 300. The van der Waals surface area contributed by atoms with Crippen molar-refractivity contribution < 1.29 is 9.59 Å². The number of nitrogens with one attached hydrogen (secondary N) is 3. The Hall–Kier alpha value is -1.50. The van der Waals surface area contributed by atoms with Gasteiger partial charge in [0, 0.05) is 52.4 Å². The number of carbonyl (C=O) groups is 2. The van der Waals surface area contributed by atoms with Crippen LogP contribution >= 0.6 is 0 Å². The lowest BCUT2D eigenvalue weighted by atomic mass is 10.3. The molecule has 0 spiro atoms. The number of nitrogens with zero attached hydrogens (tertiary/aromatic N) is 2. The Morgan fingerprint density at radius 2 is 1.79 bits per heavy atom. The van der Waals surface area contributed by atoms with Crippen LogP contribution in [0.5, 0.6) is 0 Å². The monoisotopic (exact) mass is 271 g/mol. The van der Waals surface area contributed by atoms with E-state index in [1.165, 1.54) is 0 Å². The van der Waals surface area contributed by atoms with Gasteiger partial charge in [-0.3, -0.25) is 4.90 Å². The molecule has 0 unspecified atom stereocenters. The van der Waals surface area contributed by atoms with Crippen LogP contribution in [0, 0.1) is 0 Å². The van der Waals surface area contributed by atoms with Crippen molar-refractivity contribution in [2.75, 3.05) is 46.3 Å². The third-order valence-electron chi connectivity index (χ3n) is 3.01. The molecule has 110 valence electrons. The fourth-order valence-corrected chi connectivity index (χ4v) is 1.93. The first-order chi connectivity index (χ1) is 9.02. The zero-order valence-electron chi connectivity index (χ0n) is 12.0. The van der Waals surface area contributed by atoms with Crippen LogP contribution in [-0.2, 0) is 0 Å². The van der Waals surface area contributed by atoms with Gasteiger partial charge in [0.1, 0.15) is 0 Å². The lowest BCUT2D eigenvalue weighted by Gasteiger charge is -2.35. The summed E-state index contributed by atoms with van der Waals surface area (Å²) < 4.78 is 0. The van der Waals surface area contributed by atoms with Crippen molar-refractivity contribution in [3.63, 3.8) is 0 Å². The van der Waals surface area contributed by atoms with E-state index in [1.807, 2.05) is 18.7 Å². The molecule has 0 radical (unpaired) electrons. The van der Waals surface area contributed by atoms with E-state index in [0.717, 1.165) is 32.7 Å². The molecule has 0 aliphatic carbocycles.